The van der Waals surface area contributed by atoms with Crippen molar-refractivity contribution in [2.24, 2.45) is 0 Å². The number of rotatable bonds is 6. The van der Waals surface area contributed by atoms with Gasteiger partial charge in [-0.25, -0.2) is 13.1 Å². The largest absolute Gasteiger partial charge is 0.497 e. The number of anilines is 1. The summed E-state index contributed by atoms with van der Waals surface area (Å²) in [5, 5.41) is 0. The van der Waals surface area contributed by atoms with Gasteiger partial charge in [-0.05, 0) is 37.4 Å². The number of carbonyl (C=O) groups is 1. The summed E-state index contributed by atoms with van der Waals surface area (Å²) < 4.78 is 36.8. The normalized spacial score (nSPS) is 11.0. The Morgan fingerprint density at radius 1 is 1.08 bits per heavy atom. The van der Waals surface area contributed by atoms with Crippen LogP contribution in [0, 0.1) is 0 Å². The van der Waals surface area contributed by atoms with E-state index in [1.165, 1.54) is 37.3 Å². The number of carbonyl (C=O) groups excluding carboxylic acids is 1. The number of hydrogen-bond donors (Lipinski definition) is 1. The van der Waals surface area contributed by atoms with Gasteiger partial charge in [-0.1, -0.05) is 6.07 Å². The summed E-state index contributed by atoms with van der Waals surface area (Å²) in [6, 6.07) is 11.3. The average Bonchev–Trinajstić information content (AvgIpc) is 2.66. The lowest BCUT2D eigenvalue weighted by molar-refractivity contribution is 0.0992. The molecule has 0 aliphatic carbocycles. The fourth-order valence-electron chi connectivity index (χ4n) is 2.26. The van der Waals surface area contributed by atoms with Crippen LogP contribution in [0.2, 0.25) is 0 Å². The van der Waals surface area contributed by atoms with Crippen LogP contribution in [0.5, 0.6) is 11.5 Å². The maximum Gasteiger partial charge on any atom is 0.258 e. The lowest BCUT2D eigenvalue weighted by Crippen LogP contribution is -2.27. The van der Waals surface area contributed by atoms with Gasteiger partial charge < -0.3 is 14.4 Å². The highest BCUT2D eigenvalue weighted by Gasteiger charge is 2.22. The Bertz CT molecular complexity index is 880. The van der Waals surface area contributed by atoms with Crippen molar-refractivity contribution in [3.8, 4) is 11.5 Å². The van der Waals surface area contributed by atoms with Gasteiger partial charge in [0.2, 0.25) is 10.0 Å². The van der Waals surface area contributed by atoms with Gasteiger partial charge >= 0.3 is 0 Å². The SMILES string of the molecule is CNS(=O)(=O)c1cc(C(=O)N(C)c2cccc(OC)c2)ccc1OC. The maximum absolute atomic E-state index is 12.7. The van der Waals surface area contributed by atoms with Gasteiger partial charge in [0.15, 0.2) is 0 Å². The third-order valence-electron chi connectivity index (χ3n) is 3.71. The predicted molar refractivity (Wildman–Crippen MR) is 95.0 cm³/mol. The molecule has 134 valence electrons. The molecule has 0 aliphatic heterocycles. The van der Waals surface area contributed by atoms with E-state index >= 15 is 0 Å². The smallest absolute Gasteiger partial charge is 0.258 e. The minimum absolute atomic E-state index is 0.0950. The summed E-state index contributed by atoms with van der Waals surface area (Å²) >= 11 is 0. The molecule has 0 spiro atoms. The average molecular weight is 364 g/mol. The van der Waals surface area contributed by atoms with Crippen molar-refractivity contribution in [2.45, 2.75) is 4.90 Å². The molecule has 2 aromatic carbocycles. The number of amides is 1. The van der Waals surface area contributed by atoms with E-state index in [2.05, 4.69) is 4.72 Å². The van der Waals surface area contributed by atoms with Crippen molar-refractivity contribution >= 4 is 21.6 Å². The fourth-order valence-corrected chi connectivity index (χ4v) is 3.18. The molecule has 1 N–H and O–H groups in total. The fraction of sp³-hybridized carbons (Fsp3) is 0.235. The molecule has 25 heavy (non-hydrogen) atoms. The first-order valence-electron chi connectivity index (χ1n) is 7.37. The van der Waals surface area contributed by atoms with E-state index < -0.39 is 10.0 Å². The van der Waals surface area contributed by atoms with Crippen LogP contribution in [0.15, 0.2) is 47.4 Å². The molecule has 2 rings (SSSR count). The first-order valence-corrected chi connectivity index (χ1v) is 8.86. The highest BCUT2D eigenvalue weighted by Crippen LogP contribution is 2.27. The second-order valence-electron chi connectivity index (χ2n) is 5.14. The van der Waals surface area contributed by atoms with Gasteiger partial charge in [-0.2, -0.15) is 0 Å². The minimum atomic E-state index is -3.76. The van der Waals surface area contributed by atoms with Gasteiger partial charge in [0.25, 0.3) is 5.91 Å². The number of sulfonamides is 1. The Labute approximate surface area is 147 Å². The summed E-state index contributed by atoms with van der Waals surface area (Å²) in [4.78, 5) is 14.1. The Morgan fingerprint density at radius 2 is 1.80 bits per heavy atom. The van der Waals surface area contributed by atoms with Crippen LogP contribution < -0.4 is 19.1 Å². The molecule has 2 aromatic rings. The first-order chi connectivity index (χ1) is 11.8. The maximum atomic E-state index is 12.7. The molecule has 0 aliphatic rings. The van der Waals surface area contributed by atoms with Crippen LogP contribution in [0.4, 0.5) is 5.69 Å². The third-order valence-corrected chi connectivity index (χ3v) is 5.15. The van der Waals surface area contributed by atoms with Gasteiger partial charge in [-0.3, -0.25) is 4.79 Å². The van der Waals surface area contributed by atoms with Gasteiger partial charge in [0.05, 0.1) is 14.2 Å². The zero-order valence-corrected chi connectivity index (χ0v) is 15.3. The number of nitrogens with zero attached hydrogens (tertiary/aromatic N) is 1. The Kier molecular flexibility index (Phi) is 5.66. The topological polar surface area (TPSA) is 84.9 Å². The summed E-state index contributed by atoms with van der Waals surface area (Å²) in [5.74, 6) is 0.420. The zero-order valence-electron chi connectivity index (χ0n) is 14.4. The molecule has 7 nitrogen and oxygen atoms in total. The predicted octanol–water partition coefficient (Wildman–Crippen LogP) is 1.89. The first kappa shape index (κ1) is 18.8. The summed E-state index contributed by atoms with van der Waals surface area (Å²) in [7, 11) is 2.05. The van der Waals surface area contributed by atoms with Crippen LogP contribution in [0.1, 0.15) is 10.4 Å². The van der Waals surface area contributed by atoms with Crippen molar-refractivity contribution in [1.82, 2.24) is 4.72 Å². The number of hydrogen-bond acceptors (Lipinski definition) is 5. The van der Waals surface area contributed by atoms with Crippen molar-refractivity contribution in [3.05, 3.63) is 48.0 Å². The molecule has 0 heterocycles. The molecular weight excluding hydrogens is 344 g/mol. The third kappa shape index (κ3) is 3.92. The Hall–Kier alpha value is -2.58. The van der Waals surface area contributed by atoms with Gasteiger partial charge in [0.1, 0.15) is 16.4 Å². The van der Waals surface area contributed by atoms with E-state index in [0.717, 1.165) is 0 Å². The number of methoxy groups -OCH3 is 2. The molecule has 0 saturated carbocycles. The van der Waals surface area contributed by atoms with Crippen LogP contribution in [-0.4, -0.2) is 42.6 Å². The lowest BCUT2D eigenvalue weighted by Gasteiger charge is -2.19. The quantitative estimate of drug-likeness (QED) is 0.846. The standard InChI is InChI=1S/C17H20N2O5S/c1-18-25(21,22)16-10-12(8-9-15(16)24-4)17(20)19(2)13-6-5-7-14(11-13)23-3/h5-11,18H,1-4H3. The molecule has 1 amide bonds. The second-order valence-corrected chi connectivity index (χ2v) is 6.99. The van der Waals surface area contributed by atoms with Crippen molar-refractivity contribution in [2.75, 3.05) is 33.2 Å². The number of nitrogens with one attached hydrogen (secondary N) is 1. The van der Waals surface area contributed by atoms with E-state index in [1.54, 1.807) is 38.4 Å². The minimum Gasteiger partial charge on any atom is -0.497 e. The van der Waals surface area contributed by atoms with Crippen molar-refractivity contribution in [1.29, 1.82) is 0 Å². The Morgan fingerprint density at radius 3 is 2.40 bits per heavy atom. The molecule has 0 fully saturated rings. The molecule has 0 bridgehead atoms. The summed E-state index contributed by atoms with van der Waals surface area (Å²) in [6.45, 7) is 0. The van der Waals surface area contributed by atoms with Crippen molar-refractivity contribution < 1.29 is 22.7 Å². The Balaban J connectivity index is 2.43. The van der Waals surface area contributed by atoms with E-state index in [-0.39, 0.29) is 22.1 Å². The van der Waals surface area contributed by atoms with Crippen LogP contribution in [-0.2, 0) is 10.0 Å². The lowest BCUT2D eigenvalue weighted by atomic mass is 10.1. The highest BCUT2D eigenvalue weighted by molar-refractivity contribution is 7.89. The van der Waals surface area contributed by atoms with Crippen LogP contribution >= 0.6 is 0 Å². The van der Waals surface area contributed by atoms with Crippen LogP contribution in [0.3, 0.4) is 0 Å². The van der Waals surface area contributed by atoms with Crippen molar-refractivity contribution in [3.63, 3.8) is 0 Å². The molecule has 0 unspecified atom stereocenters. The number of benzene rings is 2. The molecule has 8 heteroatoms. The summed E-state index contributed by atoms with van der Waals surface area (Å²) in [5.41, 5.74) is 0.845. The summed E-state index contributed by atoms with van der Waals surface area (Å²) in [6.07, 6.45) is 0. The monoisotopic (exact) mass is 364 g/mol. The van der Waals surface area contributed by atoms with Gasteiger partial charge in [0, 0.05) is 24.4 Å². The highest BCUT2D eigenvalue weighted by atomic mass is 32.2. The molecule has 0 aromatic heterocycles. The van der Waals surface area contributed by atoms with E-state index in [1.807, 2.05) is 0 Å². The molecule has 0 saturated heterocycles. The number of ether oxygens (including phenoxy) is 2. The molecule has 0 atom stereocenters. The van der Waals surface area contributed by atoms with Crippen LogP contribution in [0.25, 0.3) is 0 Å². The zero-order chi connectivity index (χ0) is 18.6. The second kappa shape index (κ2) is 7.54. The molecule has 0 radical (unpaired) electrons. The molecular formula is C17H20N2O5S. The van der Waals surface area contributed by atoms with E-state index in [4.69, 9.17) is 9.47 Å². The van der Waals surface area contributed by atoms with E-state index in [0.29, 0.717) is 11.4 Å². The van der Waals surface area contributed by atoms with E-state index in [9.17, 15) is 13.2 Å². The van der Waals surface area contributed by atoms with Gasteiger partial charge in [-0.15, -0.1) is 0 Å².